The molecule has 1 aliphatic rings. The van der Waals surface area contributed by atoms with Crippen LogP contribution in [0.4, 0.5) is 0 Å². The Kier molecular flexibility index (Phi) is 3.23. The molecular weight excluding hydrogens is 256 g/mol. The van der Waals surface area contributed by atoms with Crippen LogP contribution < -0.4 is 0 Å². The van der Waals surface area contributed by atoms with Crippen molar-refractivity contribution in [2.45, 2.75) is 26.6 Å². The van der Waals surface area contributed by atoms with E-state index < -0.39 is 0 Å². The van der Waals surface area contributed by atoms with Crippen molar-refractivity contribution in [2.75, 3.05) is 6.61 Å². The second kappa shape index (κ2) is 5.05. The van der Waals surface area contributed by atoms with Crippen molar-refractivity contribution in [2.24, 2.45) is 0 Å². The van der Waals surface area contributed by atoms with Crippen molar-refractivity contribution in [3.63, 3.8) is 0 Å². The fourth-order valence-corrected chi connectivity index (χ4v) is 2.52. The number of aromatic nitrogens is 3. The average Bonchev–Trinajstić information content (AvgIpc) is 3.01. The SMILES string of the molecule is Cc1ncccc1C(=O)N1Cc2cnn(CCO)c2C1. The first kappa shape index (κ1) is 12.8. The molecular formula is C14H16N4O2. The van der Waals surface area contributed by atoms with Gasteiger partial charge in [-0.2, -0.15) is 5.10 Å². The molecule has 0 unspecified atom stereocenters. The highest BCUT2D eigenvalue weighted by atomic mass is 16.3. The predicted octanol–water partition coefficient (Wildman–Crippen LogP) is 0.735. The summed E-state index contributed by atoms with van der Waals surface area (Å²) in [6, 6.07) is 3.57. The molecule has 0 bridgehead atoms. The Morgan fingerprint density at radius 3 is 3.05 bits per heavy atom. The van der Waals surface area contributed by atoms with Crippen LogP contribution in [-0.2, 0) is 19.6 Å². The third kappa shape index (κ3) is 2.08. The predicted molar refractivity (Wildman–Crippen MR) is 71.9 cm³/mol. The van der Waals surface area contributed by atoms with Crippen LogP contribution in [0.1, 0.15) is 27.3 Å². The van der Waals surface area contributed by atoms with Gasteiger partial charge in [0.25, 0.3) is 5.91 Å². The quantitative estimate of drug-likeness (QED) is 0.894. The van der Waals surface area contributed by atoms with E-state index in [9.17, 15) is 4.79 Å². The average molecular weight is 272 g/mol. The molecule has 0 aromatic carbocycles. The van der Waals surface area contributed by atoms with Crippen LogP contribution >= 0.6 is 0 Å². The summed E-state index contributed by atoms with van der Waals surface area (Å²) < 4.78 is 1.76. The van der Waals surface area contributed by atoms with Crippen LogP contribution in [0.5, 0.6) is 0 Å². The maximum Gasteiger partial charge on any atom is 0.256 e. The maximum atomic E-state index is 12.5. The number of rotatable bonds is 3. The van der Waals surface area contributed by atoms with E-state index in [0.717, 1.165) is 17.0 Å². The number of aliphatic hydroxyl groups excluding tert-OH is 1. The highest BCUT2D eigenvalue weighted by Gasteiger charge is 2.28. The van der Waals surface area contributed by atoms with Crippen LogP contribution in [0.15, 0.2) is 24.5 Å². The summed E-state index contributed by atoms with van der Waals surface area (Å²) in [5, 5.41) is 13.2. The Bertz CT molecular complexity index is 650. The second-order valence-corrected chi connectivity index (χ2v) is 4.86. The van der Waals surface area contributed by atoms with E-state index in [-0.39, 0.29) is 12.5 Å². The highest BCUT2D eigenvalue weighted by molar-refractivity contribution is 5.95. The summed E-state index contributed by atoms with van der Waals surface area (Å²) in [4.78, 5) is 18.4. The maximum absolute atomic E-state index is 12.5. The van der Waals surface area contributed by atoms with Crippen molar-refractivity contribution in [1.82, 2.24) is 19.7 Å². The Morgan fingerprint density at radius 1 is 1.45 bits per heavy atom. The minimum atomic E-state index is -0.0117. The molecule has 6 heteroatoms. The van der Waals surface area contributed by atoms with Gasteiger partial charge in [-0.15, -0.1) is 0 Å². The molecule has 0 saturated heterocycles. The first-order chi connectivity index (χ1) is 9.70. The van der Waals surface area contributed by atoms with Gasteiger partial charge in [0, 0.05) is 24.0 Å². The zero-order chi connectivity index (χ0) is 14.1. The van der Waals surface area contributed by atoms with Gasteiger partial charge < -0.3 is 10.0 Å². The smallest absolute Gasteiger partial charge is 0.256 e. The summed E-state index contributed by atoms with van der Waals surface area (Å²) in [5.74, 6) is -0.0117. The van der Waals surface area contributed by atoms with Gasteiger partial charge >= 0.3 is 0 Å². The monoisotopic (exact) mass is 272 g/mol. The molecule has 6 nitrogen and oxygen atoms in total. The summed E-state index contributed by atoms with van der Waals surface area (Å²) in [6.45, 7) is 3.44. The molecule has 20 heavy (non-hydrogen) atoms. The Balaban J connectivity index is 1.82. The number of carbonyl (C=O) groups is 1. The third-order valence-corrected chi connectivity index (χ3v) is 3.57. The first-order valence-corrected chi connectivity index (χ1v) is 6.56. The van der Waals surface area contributed by atoms with Crippen LogP contribution in [-0.4, -0.2) is 37.3 Å². The molecule has 0 aliphatic carbocycles. The third-order valence-electron chi connectivity index (χ3n) is 3.57. The van der Waals surface area contributed by atoms with E-state index >= 15 is 0 Å². The molecule has 2 aromatic rings. The molecule has 0 saturated carbocycles. The van der Waals surface area contributed by atoms with E-state index in [1.165, 1.54) is 0 Å². The second-order valence-electron chi connectivity index (χ2n) is 4.86. The lowest BCUT2D eigenvalue weighted by molar-refractivity contribution is 0.0746. The molecule has 3 rings (SSSR count). The van der Waals surface area contributed by atoms with Gasteiger partial charge in [0.2, 0.25) is 0 Å². The lowest BCUT2D eigenvalue weighted by atomic mass is 10.2. The molecule has 1 amide bonds. The minimum absolute atomic E-state index is 0.0117. The normalized spacial score (nSPS) is 13.6. The number of hydrogen-bond donors (Lipinski definition) is 1. The lowest BCUT2D eigenvalue weighted by Crippen LogP contribution is -2.27. The van der Waals surface area contributed by atoms with Crippen molar-refractivity contribution >= 4 is 5.91 Å². The van der Waals surface area contributed by atoms with Crippen molar-refractivity contribution in [1.29, 1.82) is 0 Å². The minimum Gasteiger partial charge on any atom is -0.394 e. The molecule has 2 aromatic heterocycles. The number of nitrogens with zero attached hydrogens (tertiary/aromatic N) is 4. The van der Waals surface area contributed by atoms with Crippen LogP contribution in [0.3, 0.4) is 0 Å². The summed E-state index contributed by atoms with van der Waals surface area (Å²) in [5.41, 5.74) is 3.44. The standard InChI is InChI=1S/C14H16N4O2/c1-10-12(3-2-4-15-10)14(20)17-8-11-7-16-18(5-6-19)13(11)9-17/h2-4,7,19H,5-6,8-9H2,1H3. The number of aryl methyl sites for hydroxylation is 1. The van der Waals surface area contributed by atoms with Gasteiger partial charge in [-0.25, -0.2) is 0 Å². The lowest BCUT2D eigenvalue weighted by Gasteiger charge is -2.17. The summed E-state index contributed by atoms with van der Waals surface area (Å²) in [7, 11) is 0. The largest absolute Gasteiger partial charge is 0.394 e. The topological polar surface area (TPSA) is 71.2 Å². The van der Waals surface area contributed by atoms with Crippen molar-refractivity contribution < 1.29 is 9.90 Å². The molecule has 0 spiro atoms. The molecule has 104 valence electrons. The number of carbonyl (C=O) groups excluding carboxylic acids is 1. The van der Waals surface area contributed by atoms with Crippen molar-refractivity contribution in [3.05, 3.63) is 47.0 Å². The van der Waals surface area contributed by atoms with Gasteiger partial charge in [0.15, 0.2) is 0 Å². The Labute approximate surface area is 116 Å². The van der Waals surface area contributed by atoms with E-state index in [4.69, 9.17) is 5.11 Å². The highest BCUT2D eigenvalue weighted by Crippen LogP contribution is 2.24. The fourth-order valence-electron chi connectivity index (χ4n) is 2.52. The molecule has 1 aliphatic heterocycles. The van der Waals surface area contributed by atoms with E-state index in [0.29, 0.717) is 25.2 Å². The van der Waals surface area contributed by atoms with Crippen LogP contribution in [0.25, 0.3) is 0 Å². The van der Waals surface area contributed by atoms with Crippen molar-refractivity contribution in [3.8, 4) is 0 Å². The number of pyridine rings is 1. The van der Waals surface area contributed by atoms with Gasteiger partial charge in [-0.3, -0.25) is 14.5 Å². The first-order valence-electron chi connectivity index (χ1n) is 6.56. The Hall–Kier alpha value is -2.21. The zero-order valence-electron chi connectivity index (χ0n) is 11.3. The van der Waals surface area contributed by atoms with E-state index in [1.54, 1.807) is 34.1 Å². The zero-order valence-corrected chi connectivity index (χ0v) is 11.3. The number of amides is 1. The van der Waals surface area contributed by atoms with Gasteiger partial charge in [0.05, 0.1) is 37.2 Å². The Morgan fingerprint density at radius 2 is 2.30 bits per heavy atom. The van der Waals surface area contributed by atoms with Gasteiger partial charge in [0.1, 0.15) is 0 Å². The molecule has 0 atom stereocenters. The molecule has 0 fully saturated rings. The number of aliphatic hydroxyl groups is 1. The molecule has 3 heterocycles. The van der Waals surface area contributed by atoms with Gasteiger partial charge in [-0.05, 0) is 19.1 Å². The van der Waals surface area contributed by atoms with E-state index in [1.807, 2.05) is 6.92 Å². The van der Waals surface area contributed by atoms with Crippen LogP contribution in [0.2, 0.25) is 0 Å². The molecule has 0 radical (unpaired) electrons. The summed E-state index contributed by atoms with van der Waals surface area (Å²) >= 11 is 0. The van der Waals surface area contributed by atoms with E-state index in [2.05, 4.69) is 10.1 Å². The number of fused-ring (bicyclic) bond motifs is 1. The summed E-state index contributed by atoms with van der Waals surface area (Å²) in [6.07, 6.45) is 3.46. The van der Waals surface area contributed by atoms with Gasteiger partial charge in [-0.1, -0.05) is 0 Å². The number of hydrogen-bond acceptors (Lipinski definition) is 4. The fraction of sp³-hybridized carbons (Fsp3) is 0.357. The molecule has 1 N–H and O–H groups in total. The van der Waals surface area contributed by atoms with Crippen LogP contribution in [0, 0.1) is 6.92 Å².